The van der Waals surface area contributed by atoms with Gasteiger partial charge in [0.05, 0.1) is 37.6 Å². The fourth-order valence-corrected chi connectivity index (χ4v) is 3.03. The summed E-state index contributed by atoms with van der Waals surface area (Å²) in [5, 5.41) is 11.2. The highest BCUT2D eigenvalue weighted by Crippen LogP contribution is 2.37. The molecule has 2 rings (SSSR count). The summed E-state index contributed by atoms with van der Waals surface area (Å²) in [5.41, 5.74) is 0.840. The Morgan fingerprint density at radius 1 is 1.11 bits per heavy atom. The van der Waals surface area contributed by atoms with Crippen molar-refractivity contribution in [3.8, 4) is 23.3 Å². The largest absolute Gasteiger partial charge is 0.497 e. The average Bonchev–Trinajstić information content (AvgIpc) is 2.66. The highest BCUT2D eigenvalue weighted by molar-refractivity contribution is 9.10. The Hall–Kier alpha value is -3.05. The molecule has 0 aromatic heterocycles. The third-order valence-electron chi connectivity index (χ3n) is 3.68. The molecule has 140 valence electrons. The molecule has 0 aliphatic carbocycles. The van der Waals surface area contributed by atoms with Gasteiger partial charge < -0.3 is 19.5 Å². The Labute approximate surface area is 165 Å². The first-order valence-electron chi connectivity index (χ1n) is 7.76. The Morgan fingerprint density at radius 2 is 1.85 bits per heavy atom. The minimum atomic E-state index is -0.520. The molecule has 27 heavy (non-hydrogen) atoms. The monoisotopic (exact) mass is 432 g/mol. The van der Waals surface area contributed by atoms with E-state index in [4.69, 9.17) is 19.5 Å². The van der Waals surface area contributed by atoms with Gasteiger partial charge in [0.1, 0.15) is 12.2 Å². The lowest BCUT2D eigenvalue weighted by molar-refractivity contribution is -0.115. The second kappa shape index (κ2) is 9.05. The molecule has 0 saturated carbocycles. The van der Waals surface area contributed by atoms with Crippen LogP contribution in [0.4, 0.5) is 5.69 Å². The van der Waals surface area contributed by atoms with E-state index in [2.05, 4.69) is 21.2 Å². The van der Waals surface area contributed by atoms with Gasteiger partial charge in [-0.1, -0.05) is 0 Å². The Bertz CT molecular complexity index is 921. The predicted octanol–water partition coefficient (Wildman–Crippen LogP) is 3.56. The van der Waals surface area contributed by atoms with Crippen molar-refractivity contribution in [2.75, 3.05) is 26.6 Å². The van der Waals surface area contributed by atoms with Crippen LogP contribution in [0, 0.1) is 11.3 Å². The molecule has 7 nitrogen and oxygen atoms in total. The van der Waals surface area contributed by atoms with Crippen LogP contribution < -0.4 is 19.5 Å². The van der Waals surface area contributed by atoms with Crippen molar-refractivity contribution < 1.29 is 23.8 Å². The number of amides is 1. The maximum absolute atomic E-state index is 13.1. The summed E-state index contributed by atoms with van der Waals surface area (Å²) in [6.45, 7) is 0. The molecule has 2 aromatic rings. The molecule has 0 spiro atoms. The molecule has 0 atom stereocenters. The van der Waals surface area contributed by atoms with Crippen LogP contribution in [0.25, 0.3) is 0 Å². The van der Waals surface area contributed by atoms with Crippen molar-refractivity contribution >= 4 is 33.3 Å². The van der Waals surface area contributed by atoms with Gasteiger partial charge >= 0.3 is 0 Å². The topological polar surface area (TPSA) is 97.7 Å². The zero-order chi connectivity index (χ0) is 20.0. The minimum Gasteiger partial charge on any atom is -0.497 e. The number of nitrogens with one attached hydrogen (secondary N) is 1. The number of ketones is 1. The molecule has 8 heteroatoms. The van der Waals surface area contributed by atoms with E-state index in [0.717, 1.165) is 0 Å². The Morgan fingerprint density at radius 3 is 2.44 bits per heavy atom. The Kier molecular flexibility index (Phi) is 6.79. The number of carbonyl (C=O) groups is 2. The first-order chi connectivity index (χ1) is 12.9. The lowest BCUT2D eigenvalue weighted by atomic mass is 10.0. The summed E-state index contributed by atoms with van der Waals surface area (Å²) in [6, 6.07) is 9.62. The van der Waals surface area contributed by atoms with Crippen molar-refractivity contribution in [1.82, 2.24) is 0 Å². The van der Waals surface area contributed by atoms with E-state index >= 15 is 0 Å². The molecular formula is C19H17BrN2O5. The maximum Gasteiger partial charge on any atom is 0.238 e. The van der Waals surface area contributed by atoms with Crippen molar-refractivity contribution in [2.24, 2.45) is 0 Å². The van der Waals surface area contributed by atoms with Gasteiger partial charge in [0.25, 0.3) is 0 Å². The third kappa shape index (κ3) is 4.57. The molecule has 1 N–H and O–H groups in total. The number of carbonyl (C=O) groups excluding carboxylic acids is 2. The van der Waals surface area contributed by atoms with E-state index in [0.29, 0.717) is 27.3 Å². The summed E-state index contributed by atoms with van der Waals surface area (Å²) < 4.78 is 16.2. The molecular weight excluding hydrogens is 416 g/mol. The van der Waals surface area contributed by atoms with Gasteiger partial charge in [0.15, 0.2) is 17.3 Å². The van der Waals surface area contributed by atoms with Crippen molar-refractivity contribution in [1.29, 1.82) is 5.26 Å². The van der Waals surface area contributed by atoms with E-state index in [9.17, 15) is 9.59 Å². The number of halogens is 1. The second-order valence-corrected chi connectivity index (χ2v) is 6.17. The first-order valence-corrected chi connectivity index (χ1v) is 8.55. The Balaban J connectivity index is 2.51. The van der Waals surface area contributed by atoms with Gasteiger partial charge in [-0.15, -0.1) is 0 Å². The molecule has 0 fully saturated rings. The lowest BCUT2D eigenvalue weighted by Crippen LogP contribution is -2.14. The molecule has 0 heterocycles. The molecule has 0 aliphatic heterocycles. The van der Waals surface area contributed by atoms with Gasteiger partial charge in [-0.05, 0) is 40.2 Å². The maximum atomic E-state index is 13.1. The highest BCUT2D eigenvalue weighted by Gasteiger charge is 2.20. The predicted molar refractivity (Wildman–Crippen MR) is 103 cm³/mol. The molecule has 0 saturated heterocycles. The van der Waals surface area contributed by atoms with E-state index in [1.54, 1.807) is 30.3 Å². The van der Waals surface area contributed by atoms with Gasteiger partial charge in [-0.25, -0.2) is 0 Å². The molecule has 2 aromatic carbocycles. The fourth-order valence-electron chi connectivity index (χ4n) is 2.42. The number of anilines is 1. The molecule has 0 bridgehead atoms. The quantitative estimate of drug-likeness (QED) is 0.671. The van der Waals surface area contributed by atoms with Crippen LogP contribution >= 0.6 is 15.9 Å². The molecule has 0 unspecified atom stereocenters. The number of benzene rings is 2. The van der Waals surface area contributed by atoms with E-state index in [1.807, 2.05) is 0 Å². The van der Waals surface area contributed by atoms with Crippen LogP contribution in [0.1, 0.15) is 22.3 Å². The van der Waals surface area contributed by atoms with Gasteiger partial charge in [-0.2, -0.15) is 5.26 Å². The van der Waals surface area contributed by atoms with Gasteiger partial charge in [0, 0.05) is 17.2 Å². The summed E-state index contributed by atoms with van der Waals surface area (Å²) in [6.07, 6.45) is -0.327. The van der Waals surface area contributed by atoms with Crippen LogP contribution in [0.5, 0.6) is 17.2 Å². The van der Waals surface area contributed by atoms with E-state index in [-0.39, 0.29) is 23.5 Å². The average molecular weight is 433 g/mol. The van der Waals surface area contributed by atoms with Crippen LogP contribution in [0.3, 0.4) is 0 Å². The third-order valence-corrected chi connectivity index (χ3v) is 4.27. The number of nitriles is 1. The minimum absolute atomic E-state index is 0.251. The summed E-state index contributed by atoms with van der Waals surface area (Å²) in [7, 11) is 4.44. The zero-order valence-corrected chi connectivity index (χ0v) is 16.5. The smallest absolute Gasteiger partial charge is 0.238 e. The lowest BCUT2D eigenvalue weighted by Gasteiger charge is -2.14. The van der Waals surface area contributed by atoms with E-state index < -0.39 is 5.91 Å². The number of methoxy groups -OCH3 is 3. The molecule has 0 aliphatic rings. The van der Waals surface area contributed by atoms with E-state index in [1.165, 1.54) is 27.4 Å². The van der Waals surface area contributed by atoms with Crippen LogP contribution in [0.2, 0.25) is 0 Å². The number of hydrogen-bond donors (Lipinski definition) is 1. The van der Waals surface area contributed by atoms with Crippen molar-refractivity contribution in [3.63, 3.8) is 0 Å². The van der Waals surface area contributed by atoms with Crippen LogP contribution in [-0.2, 0) is 4.79 Å². The number of rotatable bonds is 7. The van der Waals surface area contributed by atoms with Crippen molar-refractivity contribution in [3.05, 3.63) is 45.9 Å². The number of hydrogen-bond acceptors (Lipinski definition) is 6. The SMILES string of the molecule is COc1ccc(C(=O)c2cc(Br)c(OC)c(OC)c2)c(NC(=O)CC#N)c1. The first kappa shape index (κ1) is 20.3. The molecule has 1 amide bonds. The van der Waals surface area contributed by atoms with Crippen LogP contribution in [-0.4, -0.2) is 33.0 Å². The summed E-state index contributed by atoms with van der Waals surface area (Å²) in [5.74, 6) is 0.456. The fraction of sp³-hybridized carbons (Fsp3) is 0.211. The number of ether oxygens (including phenoxy) is 3. The number of nitrogens with zero attached hydrogens (tertiary/aromatic N) is 1. The molecule has 0 radical (unpaired) electrons. The van der Waals surface area contributed by atoms with Gasteiger partial charge in [-0.3, -0.25) is 9.59 Å². The zero-order valence-electron chi connectivity index (χ0n) is 15.0. The normalized spacial score (nSPS) is 9.89. The second-order valence-electron chi connectivity index (χ2n) is 5.32. The summed E-state index contributed by atoms with van der Waals surface area (Å²) >= 11 is 3.36. The van der Waals surface area contributed by atoms with Crippen LogP contribution in [0.15, 0.2) is 34.8 Å². The van der Waals surface area contributed by atoms with Gasteiger partial charge in [0.2, 0.25) is 5.91 Å². The standard InChI is InChI=1S/C19H17BrN2O5/c1-25-12-4-5-13(15(10-12)22-17(23)6-7-21)18(24)11-8-14(20)19(27-3)16(9-11)26-2/h4-5,8-10H,6H2,1-3H3,(H,22,23). The highest BCUT2D eigenvalue weighted by atomic mass is 79.9. The summed E-state index contributed by atoms with van der Waals surface area (Å²) in [4.78, 5) is 24.9. The van der Waals surface area contributed by atoms with Crippen molar-refractivity contribution in [2.45, 2.75) is 6.42 Å².